The molecule has 0 N–H and O–H groups in total. The molecule has 0 spiro atoms. The first kappa shape index (κ1) is 17.5. The van der Waals surface area contributed by atoms with Crippen molar-refractivity contribution in [3.63, 3.8) is 0 Å². The molecule has 3 unspecified atom stereocenters. The Morgan fingerprint density at radius 1 is 1.29 bits per heavy atom. The Kier molecular flexibility index (Phi) is 5.03. The standard InChI is InChI=1S/C20H26BFO2/c1-11-12(2)16(14-4-5-14)8-15(11)9-18(23)20-17(22)6-13(10-21)7-19(20)24-3/h6-7,11-12,14-16H,4-5,8-10H2,1-3H3/t11?,12?,15-,16?/m0/s1. The number of carbonyl (C=O) groups excluding carboxylic acids is 1. The zero-order chi connectivity index (χ0) is 17.4. The fourth-order valence-corrected chi connectivity index (χ4v) is 4.54. The molecule has 2 aliphatic rings. The number of ether oxygens (including phenoxy) is 1. The van der Waals surface area contributed by atoms with Gasteiger partial charge in [0.05, 0.1) is 20.5 Å². The van der Waals surface area contributed by atoms with E-state index >= 15 is 0 Å². The van der Waals surface area contributed by atoms with Gasteiger partial charge >= 0.3 is 0 Å². The maximum atomic E-state index is 14.4. The second kappa shape index (κ2) is 6.89. The van der Waals surface area contributed by atoms with Gasteiger partial charge in [-0.2, -0.15) is 0 Å². The van der Waals surface area contributed by atoms with Crippen molar-refractivity contribution in [1.29, 1.82) is 0 Å². The summed E-state index contributed by atoms with van der Waals surface area (Å²) in [7, 11) is 7.04. The molecular formula is C20H26BFO2. The van der Waals surface area contributed by atoms with Crippen LogP contribution in [0.5, 0.6) is 5.75 Å². The summed E-state index contributed by atoms with van der Waals surface area (Å²) in [5.41, 5.74) is 0.724. The summed E-state index contributed by atoms with van der Waals surface area (Å²) in [5, 5.41) is 0. The third-order valence-corrected chi connectivity index (χ3v) is 6.35. The van der Waals surface area contributed by atoms with Crippen molar-refractivity contribution in [1.82, 2.24) is 0 Å². The SMILES string of the molecule is [B]Cc1cc(F)c(C(=O)C[C@@H]2CC(C3CC3)C(C)C2C)c(OC)c1. The van der Waals surface area contributed by atoms with Gasteiger partial charge in [-0.3, -0.25) is 4.79 Å². The van der Waals surface area contributed by atoms with E-state index in [-0.39, 0.29) is 17.7 Å². The Balaban J connectivity index is 1.77. The maximum Gasteiger partial charge on any atom is 0.169 e. The van der Waals surface area contributed by atoms with Crippen LogP contribution in [0.15, 0.2) is 12.1 Å². The number of rotatable bonds is 6. The van der Waals surface area contributed by atoms with E-state index in [2.05, 4.69) is 13.8 Å². The van der Waals surface area contributed by atoms with E-state index in [4.69, 9.17) is 12.6 Å². The first-order chi connectivity index (χ1) is 11.5. The van der Waals surface area contributed by atoms with Crippen LogP contribution in [0.2, 0.25) is 0 Å². The number of hydrogen-bond donors (Lipinski definition) is 0. The summed E-state index contributed by atoms with van der Waals surface area (Å²) in [6, 6.07) is 3.02. The van der Waals surface area contributed by atoms with Crippen LogP contribution < -0.4 is 4.74 Å². The Morgan fingerprint density at radius 2 is 2.00 bits per heavy atom. The summed E-state index contributed by atoms with van der Waals surface area (Å²) in [5.74, 6) is 2.75. The van der Waals surface area contributed by atoms with E-state index in [0.717, 1.165) is 18.3 Å². The van der Waals surface area contributed by atoms with Gasteiger partial charge in [0.1, 0.15) is 11.6 Å². The number of carbonyl (C=O) groups is 1. The second-order valence-electron chi connectivity index (χ2n) is 7.70. The largest absolute Gasteiger partial charge is 0.496 e. The molecule has 4 heteroatoms. The van der Waals surface area contributed by atoms with Crippen molar-refractivity contribution >= 4 is 13.6 Å². The van der Waals surface area contributed by atoms with E-state index in [1.165, 1.54) is 26.0 Å². The Morgan fingerprint density at radius 3 is 2.58 bits per heavy atom. The first-order valence-corrected chi connectivity index (χ1v) is 9.05. The molecule has 1 aromatic rings. The van der Waals surface area contributed by atoms with Gasteiger partial charge in [-0.15, -0.1) is 0 Å². The van der Waals surface area contributed by atoms with Crippen molar-refractivity contribution in [2.75, 3.05) is 7.11 Å². The minimum absolute atomic E-state index is 0.0874. The number of Topliss-reactive ketones (excluding diaryl/α,β-unsaturated/α-hetero) is 1. The van der Waals surface area contributed by atoms with Gasteiger partial charge in [0.25, 0.3) is 0 Å². The predicted octanol–water partition coefficient (Wildman–Crippen LogP) is 4.39. The number of ketones is 1. The maximum absolute atomic E-state index is 14.4. The van der Waals surface area contributed by atoms with Gasteiger partial charge in [-0.05, 0) is 66.5 Å². The second-order valence-corrected chi connectivity index (χ2v) is 7.70. The molecule has 24 heavy (non-hydrogen) atoms. The van der Waals surface area contributed by atoms with Crippen molar-refractivity contribution < 1.29 is 13.9 Å². The molecule has 1 aromatic carbocycles. The highest BCUT2D eigenvalue weighted by molar-refractivity contribution is 6.08. The Labute approximate surface area is 145 Å². The molecule has 0 heterocycles. The molecule has 0 bridgehead atoms. The van der Waals surface area contributed by atoms with Gasteiger partial charge in [-0.1, -0.05) is 20.2 Å². The smallest absolute Gasteiger partial charge is 0.169 e. The number of halogens is 1. The lowest BCUT2D eigenvalue weighted by molar-refractivity contribution is 0.0942. The Bertz CT molecular complexity index is 626. The Hall–Kier alpha value is -1.32. The van der Waals surface area contributed by atoms with Gasteiger partial charge in [0, 0.05) is 6.42 Å². The van der Waals surface area contributed by atoms with Crippen LogP contribution in [0, 0.1) is 35.4 Å². The molecule has 2 radical (unpaired) electrons. The third-order valence-electron chi connectivity index (χ3n) is 6.35. The van der Waals surface area contributed by atoms with E-state index in [1.54, 1.807) is 6.07 Å². The van der Waals surface area contributed by atoms with Crippen molar-refractivity contribution in [2.24, 2.45) is 29.6 Å². The molecule has 4 atom stereocenters. The summed E-state index contributed by atoms with van der Waals surface area (Å²) in [6.45, 7) is 4.56. The van der Waals surface area contributed by atoms with Crippen LogP contribution in [0.3, 0.4) is 0 Å². The van der Waals surface area contributed by atoms with Crippen LogP contribution in [0.25, 0.3) is 0 Å². The van der Waals surface area contributed by atoms with E-state index in [1.807, 2.05) is 0 Å². The number of methoxy groups -OCH3 is 1. The molecule has 0 aromatic heterocycles. The zero-order valence-corrected chi connectivity index (χ0v) is 14.8. The molecular weight excluding hydrogens is 302 g/mol. The molecule has 128 valence electrons. The summed E-state index contributed by atoms with van der Waals surface area (Å²) in [4.78, 5) is 12.8. The number of hydrogen-bond acceptors (Lipinski definition) is 2. The molecule has 2 saturated carbocycles. The molecule has 2 fully saturated rings. The van der Waals surface area contributed by atoms with E-state index in [9.17, 15) is 9.18 Å². The molecule has 2 aliphatic carbocycles. The minimum Gasteiger partial charge on any atom is -0.496 e. The van der Waals surface area contributed by atoms with E-state index in [0.29, 0.717) is 35.5 Å². The van der Waals surface area contributed by atoms with Crippen LogP contribution in [-0.4, -0.2) is 20.7 Å². The van der Waals surface area contributed by atoms with Crippen molar-refractivity contribution in [3.8, 4) is 5.75 Å². The molecule has 0 aliphatic heterocycles. The minimum atomic E-state index is -0.516. The van der Waals surface area contributed by atoms with Crippen LogP contribution in [-0.2, 0) is 6.32 Å². The monoisotopic (exact) mass is 328 g/mol. The molecule has 3 rings (SSSR count). The number of benzene rings is 1. The summed E-state index contributed by atoms with van der Waals surface area (Å²) >= 11 is 0. The summed E-state index contributed by atoms with van der Waals surface area (Å²) in [6.07, 6.45) is 4.41. The first-order valence-electron chi connectivity index (χ1n) is 9.05. The lowest BCUT2D eigenvalue weighted by atomic mass is 9.86. The van der Waals surface area contributed by atoms with Crippen LogP contribution in [0.1, 0.15) is 55.5 Å². The highest BCUT2D eigenvalue weighted by Gasteiger charge is 2.45. The lowest BCUT2D eigenvalue weighted by Crippen LogP contribution is -2.16. The molecule has 0 saturated heterocycles. The van der Waals surface area contributed by atoms with Crippen molar-refractivity contribution in [2.45, 2.75) is 45.9 Å². The average molecular weight is 328 g/mol. The van der Waals surface area contributed by atoms with Gasteiger partial charge in [0.2, 0.25) is 0 Å². The fraction of sp³-hybridized carbons (Fsp3) is 0.650. The highest BCUT2D eigenvalue weighted by atomic mass is 19.1. The fourth-order valence-electron chi connectivity index (χ4n) is 4.54. The highest BCUT2D eigenvalue weighted by Crippen LogP contribution is 2.53. The summed E-state index contributed by atoms with van der Waals surface area (Å²) < 4.78 is 19.7. The third kappa shape index (κ3) is 3.25. The van der Waals surface area contributed by atoms with Gasteiger partial charge < -0.3 is 4.74 Å². The van der Waals surface area contributed by atoms with Gasteiger partial charge in [-0.25, -0.2) is 4.39 Å². The van der Waals surface area contributed by atoms with Gasteiger partial charge in [0.15, 0.2) is 5.78 Å². The lowest BCUT2D eigenvalue weighted by Gasteiger charge is -2.19. The average Bonchev–Trinajstić information content (AvgIpc) is 3.36. The molecule has 0 amide bonds. The topological polar surface area (TPSA) is 26.3 Å². The molecule has 2 nitrogen and oxygen atoms in total. The van der Waals surface area contributed by atoms with E-state index < -0.39 is 5.82 Å². The quantitative estimate of drug-likeness (QED) is 0.572. The zero-order valence-electron chi connectivity index (χ0n) is 14.8. The normalized spacial score (nSPS) is 29.7. The predicted molar refractivity (Wildman–Crippen MR) is 94.0 cm³/mol. The van der Waals surface area contributed by atoms with Crippen LogP contribution >= 0.6 is 0 Å². The van der Waals surface area contributed by atoms with Crippen molar-refractivity contribution in [3.05, 3.63) is 29.1 Å². The van der Waals surface area contributed by atoms with Crippen LogP contribution in [0.4, 0.5) is 4.39 Å².